The number of aryl methyl sites for hydroxylation is 1. The van der Waals surface area contributed by atoms with Crippen LogP contribution in [0.4, 0.5) is 15.8 Å². The third kappa shape index (κ3) is 3.62. The SMILES string of the molecule is Cc1ccc(F)cc1Nc1c(C(=O)N2CCSCC2)cnc2ccccc12. The summed E-state index contributed by atoms with van der Waals surface area (Å²) < 4.78 is 13.8. The number of halogens is 1. The molecule has 138 valence electrons. The average molecular weight is 381 g/mol. The molecule has 0 spiro atoms. The molecular formula is C21H20FN3OS. The molecule has 2 aromatic carbocycles. The van der Waals surface area contributed by atoms with Gasteiger partial charge in [0.25, 0.3) is 5.91 Å². The molecule has 0 unspecified atom stereocenters. The van der Waals surface area contributed by atoms with Gasteiger partial charge in [-0.05, 0) is 30.7 Å². The first kappa shape index (κ1) is 17.8. The molecule has 1 N–H and O–H groups in total. The summed E-state index contributed by atoms with van der Waals surface area (Å²) in [5, 5.41) is 4.16. The molecule has 1 aromatic heterocycles. The molecule has 1 aliphatic heterocycles. The Labute approximate surface area is 161 Å². The van der Waals surface area contributed by atoms with Crippen molar-refractivity contribution in [3.63, 3.8) is 0 Å². The van der Waals surface area contributed by atoms with Gasteiger partial charge in [-0.1, -0.05) is 24.3 Å². The predicted molar refractivity (Wildman–Crippen MR) is 109 cm³/mol. The monoisotopic (exact) mass is 381 g/mol. The van der Waals surface area contributed by atoms with Crippen molar-refractivity contribution < 1.29 is 9.18 Å². The van der Waals surface area contributed by atoms with Crippen molar-refractivity contribution in [1.82, 2.24) is 9.88 Å². The van der Waals surface area contributed by atoms with E-state index >= 15 is 0 Å². The summed E-state index contributed by atoms with van der Waals surface area (Å²) in [6, 6.07) is 12.3. The maximum atomic E-state index is 13.8. The molecule has 1 saturated heterocycles. The van der Waals surface area contributed by atoms with Crippen molar-refractivity contribution in [2.24, 2.45) is 0 Å². The zero-order chi connectivity index (χ0) is 18.8. The number of para-hydroxylation sites is 1. The molecular weight excluding hydrogens is 361 g/mol. The first-order valence-electron chi connectivity index (χ1n) is 8.91. The van der Waals surface area contributed by atoms with Crippen LogP contribution in [0.2, 0.25) is 0 Å². The standard InChI is InChI=1S/C21H20FN3OS/c1-14-6-7-15(22)12-19(14)24-20-16-4-2-3-5-18(16)23-13-17(20)21(26)25-8-10-27-11-9-25/h2-7,12-13H,8-11H2,1H3,(H,23,24). The van der Waals surface area contributed by atoms with Gasteiger partial charge in [-0.2, -0.15) is 11.8 Å². The van der Waals surface area contributed by atoms with Crippen LogP contribution in [0.3, 0.4) is 0 Å². The highest BCUT2D eigenvalue weighted by Crippen LogP contribution is 2.31. The smallest absolute Gasteiger partial charge is 0.257 e. The molecule has 2 heterocycles. The summed E-state index contributed by atoms with van der Waals surface area (Å²) in [5.41, 5.74) is 3.54. The molecule has 0 aliphatic carbocycles. The molecule has 1 fully saturated rings. The van der Waals surface area contributed by atoms with Crippen LogP contribution >= 0.6 is 11.8 Å². The van der Waals surface area contributed by atoms with Gasteiger partial charge >= 0.3 is 0 Å². The van der Waals surface area contributed by atoms with Gasteiger partial charge in [-0.3, -0.25) is 9.78 Å². The van der Waals surface area contributed by atoms with Gasteiger partial charge in [0.15, 0.2) is 0 Å². The molecule has 6 heteroatoms. The average Bonchev–Trinajstić information content (AvgIpc) is 2.71. The predicted octanol–water partition coefficient (Wildman–Crippen LogP) is 4.61. The van der Waals surface area contributed by atoms with Gasteiger partial charge in [0.2, 0.25) is 0 Å². The molecule has 1 amide bonds. The Morgan fingerprint density at radius 3 is 2.78 bits per heavy atom. The summed E-state index contributed by atoms with van der Waals surface area (Å²) >= 11 is 1.86. The lowest BCUT2D eigenvalue weighted by atomic mass is 10.1. The topological polar surface area (TPSA) is 45.2 Å². The van der Waals surface area contributed by atoms with E-state index in [1.165, 1.54) is 12.1 Å². The Balaban J connectivity index is 1.82. The Bertz CT molecular complexity index is 1000. The van der Waals surface area contributed by atoms with Gasteiger partial charge in [0, 0.05) is 41.9 Å². The highest BCUT2D eigenvalue weighted by molar-refractivity contribution is 7.99. The minimum absolute atomic E-state index is 0.0369. The van der Waals surface area contributed by atoms with Gasteiger partial charge in [-0.15, -0.1) is 0 Å². The van der Waals surface area contributed by atoms with E-state index < -0.39 is 0 Å². The van der Waals surface area contributed by atoms with Crippen LogP contribution in [-0.2, 0) is 0 Å². The largest absolute Gasteiger partial charge is 0.354 e. The van der Waals surface area contributed by atoms with Crippen molar-refractivity contribution >= 4 is 39.9 Å². The summed E-state index contributed by atoms with van der Waals surface area (Å²) in [7, 11) is 0. The summed E-state index contributed by atoms with van der Waals surface area (Å²) in [6.07, 6.45) is 1.63. The fourth-order valence-electron chi connectivity index (χ4n) is 3.24. The summed E-state index contributed by atoms with van der Waals surface area (Å²) in [4.78, 5) is 19.5. The van der Waals surface area contributed by atoms with E-state index in [4.69, 9.17) is 0 Å². The number of pyridine rings is 1. The van der Waals surface area contributed by atoms with E-state index in [0.29, 0.717) is 16.9 Å². The maximum Gasteiger partial charge on any atom is 0.257 e. The fraction of sp³-hybridized carbons (Fsp3) is 0.238. The molecule has 4 rings (SSSR count). The number of nitrogens with one attached hydrogen (secondary N) is 1. The van der Waals surface area contributed by atoms with Crippen LogP contribution in [0, 0.1) is 12.7 Å². The second-order valence-corrected chi connectivity index (χ2v) is 7.78. The van der Waals surface area contributed by atoms with Crippen molar-refractivity contribution in [2.75, 3.05) is 29.9 Å². The minimum Gasteiger partial charge on any atom is -0.354 e. The second-order valence-electron chi connectivity index (χ2n) is 6.55. The highest BCUT2D eigenvalue weighted by atomic mass is 32.2. The molecule has 1 aliphatic rings. The van der Waals surface area contributed by atoms with E-state index in [-0.39, 0.29) is 11.7 Å². The van der Waals surface area contributed by atoms with Crippen LogP contribution < -0.4 is 5.32 Å². The zero-order valence-corrected chi connectivity index (χ0v) is 15.9. The molecule has 4 nitrogen and oxygen atoms in total. The molecule has 0 saturated carbocycles. The number of amides is 1. The molecule has 3 aromatic rings. The first-order chi connectivity index (χ1) is 13.1. The number of hydrogen-bond donors (Lipinski definition) is 1. The quantitative estimate of drug-likeness (QED) is 0.719. The number of thioether (sulfide) groups is 1. The van der Waals surface area contributed by atoms with Gasteiger partial charge in [-0.25, -0.2) is 4.39 Å². The first-order valence-corrected chi connectivity index (χ1v) is 10.1. The number of benzene rings is 2. The second kappa shape index (κ2) is 7.56. The Kier molecular flexibility index (Phi) is 4.99. The van der Waals surface area contributed by atoms with Crippen molar-refractivity contribution in [2.45, 2.75) is 6.92 Å². The zero-order valence-electron chi connectivity index (χ0n) is 15.0. The highest BCUT2D eigenvalue weighted by Gasteiger charge is 2.23. The molecule has 27 heavy (non-hydrogen) atoms. The lowest BCUT2D eigenvalue weighted by Gasteiger charge is -2.27. The number of fused-ring (bicyclic) bond motifs is 1. The van der Waals surface area contributed by atoms with Crippen molar-refractivity contribution in [1.29, 1.82) is 0 Å². The number of anilines is 2. The van der Waals surface area contributed by atoms with Gasteiger partial charge in [0.1, 0.15) is 5.82 Å². The molecule has 0 radical (unpaired) electrons. The van der Waals surface area contributed by atoms with Crippen molar-refractivity contribution in [3.8, 4) is 0 Å². The summed E-state index contributed by atoms with van der Waals surface area (Å²) in [5.74, 6) is 1.53. The van der Waals surface area contributed by atoms with Gasteiger partial charge in [0.05, 0.1) is 16.8 Å². The van der Waals surface area contributed by atoms with Crippen LogP contribution in [0.25, 0.3) is 10.9 Å². The normalized spacial score (nSPS) is 14.4. The van der Waals surface area contributed by atoms with Crippen LogP contribution in [0.5, 0.6) is 0 Å². The van der Waals surface area contributed by atoms with Crippen LogP contribution in [0.1, 0.15) is 15.9 Å². The number of nitrogens with zero attached hydrogens (tertiary/aromatic N) is 2. The van der Waals surface area contributed by atoms with Gasteiger partial charge < -0.3 is 10.2 Å². The Morgan fingerprint density at radius 2 is 1.96 bits per heavy atom. The third-order valence-corrected chi connectivity index (χ3v) is 5.71. The number of aromatic nitrogens is 1. The third-order valence-electron chi connectivity index (χ3n) is 4.76. The molecule has 0 atom stereocenters. The lowest BCUT2D eigenvalue weighted by Crippen LogP contribution is -2.38. The number of rotatable bonds is 3. The van der Waals surface area contributed by atoms with Crippen LogP contribution in [0.15, 0.2) is 48.7 Å². The Morgan fingerprint density at radius 1 is 1.19 bits per heavy atom. The number of carbonyl (C=O) groups excluding carboxylic acids is 1. The lowest BCUT2D eigenvalue weighted by molar-refractivity contribution is 0.0773. The van der Waals surface area contributed by atoms with E-state index in [1.54, 1.807) is 12.3 Å². The van der Waals surface area contributed by atoms with E-state index in [1.807, 2.05) is 47.9 Å². The Hall–Kier alpha value is -2.60. The summed E-state index contributed by atoms with van der Waals surface area (Å²) in [6.45, 7) is 3.37. The molecule has 0 bridgehead atoms. The van der Waals surface area contributed by atoms with E-state index in [2.05, 4.69) is 10.3 Å². The maximum absolute atomic E-state index is 13.8. The fourth-order valence-corrected chi connectivity index (χ4v) is 4.14. The number of hydrogen-bond acceptors (Lipinski definition) is 4. The van der Waals surface area contributed by atoms with E-state index in [0.717, 1.165) is 41.1 Å². The van der Waals surface area contributed by atoms with E-state index in [9.17, 15) is 9.18 Å². The van der Waals surface area contributed by atoms with Crippen molar-refractivity contribution in [3.05, 3.63) is 65.6 Å². The van der Waals surface area contributed by atoms with Crippen LogP contribution in [-0.4, -0.2) is 40.4 Å². The minimum atomic E-state index is -0.317. The number of carbonyl (C=O) groups is 1.